The molecular weight excluding hydrogens is 412 g/mol. The Kier molecular flexibility index (Phi) is 5.51. The van der Waals surface area contributed by atoms with Gasteiger partial charge in [-0.25, -0.2) is 0 Å². The topological polar surface area (TPSA) is 69.6 Å². The quantitative estimate of drug-likeness (QED) is 0.669. The molecule has 0 spiro atoms. The fourth-order valence-corrected chi connectivity index (χ4v) is 3.42. The van der Waals surface area contributed by atoms with E-state index in [1.165, 1.54) is 7.11 Å². The first-order valence-corrected chi connectivity index (χ1v) is 9.05. The van der Waals surface area contributed by atoms with E-state index in [9.17, 15) is 9.59 Å². The first kappa shape index (κ1) is 19.0. The van der Waals surface area contributed by atoms with Crippen molar-refractivity contribution in [2.75, 3.05) is 19.5 Å². The number of hydrogen-bond acceptors (Lipinski definition) is 4. The maximum Gasteiger partial charge on any atom is 0.244 e. The van der Waals surface area contributed by atoms with E-state index in [0.717, 1.165) is 0 Å². The number of carbonyl (C=O) groups excluding carboxylic acids is 1. The van der Waals surface area contributed by atoms with Crippen LogP contribution >= 0.6 is 15.9 Å². The van der Waals surface area contributed by atoms with E-state index in [1.54, 1.807) is 48.9 Å². The standard InChI is InChI=1S/C20H19BrN2O4/c1-12-18(21)20(25)13-7-6-10-16(27-3)19(13)23(12)11-17(24)22-14-8-4-5-9-15(14)26-2/h4-10H,11H2,1-3H3,(H,22,24). The molecule has 2 aromatic carbocycles. The molecule has 0 saturated heterocycles. The van der Waals surface area contributed by atoms with Gasteiger partial charge in [0.25, 0.3) is 0 Å². The van der Waals surface area contributed by atoms with Gasteiger partial charge < -0.3 is 19.4 Å². The maximum atomic E-state index is 12.7. The molecule has 7 heteroatoms. The Morgan fingerprint density at radius 3 is 2.44 bits per heavy atom. The van der Waals surface area contributed by atoms with Gasteiger partial charge in [-0.15, -0.1) is 0 Å². The molecule has 1 aromatic heterocycles. The minimum Gasteiger partial charge on any atom is -0.495 e. The van der Waals surface area contributed by atoms with Crippen LogP contribution in [0.15, 0.2) is 51.7 Å². The highest BCUT2D eigenvalue weighted by Gasteiger charge is 2.18. The van der Waals surface area contributed by atoms with Crippen LogP contribution < -0.4 is 20.2 Å². The van der Waals surface area contributed by atoms with Gasteiger partial charge in [0.15, 0.2) is 0 Å². The van der Waals surface area contributed by atoms with Crippen LogP contribution in [0, 0.1) is 6.92 Å². The van der Waals surface area contributed by atoms with E-state index in [-0.39, 0.29) is 17.9 Å². The fourth-order valence-electron chi connectivity index (χ4n) is 3.00. The smallest absolute Gasteiger partial charge is 0.244 e. The summed E-state index contributed by atoms with van der Waals surface area (Å²) in [6, 6.07) is 12.4. The molecule has 27 heavy (non-hydrogen) atoms. The third kappa shape index (κ3) is 3.55. The number of ether oxygens (including phenoxy) is 2. The predicted octanol–water partition coefficient (Wildman–Crippen LogP) is 3.73. The number of methoxy groups -OCH3 is 2. The van der Waals surface area contributed by atoms with Crippen molar-refractivity contribution in [3.8, 4) is 11.5 Å². The Morgan fingerprint density at radius 1 is 1.07 bits per heavy atom. The van der Waals surface area contributed by atoms with Gasteiger partial charge in [-0.3, -0.25) is 9.59 Å². The van der Waals surface area contributed by atoms with E-state index in [1.807, 2.05) is 12.1 Å². The van der Waals surface area contributed by atoms with Crippen LogP contribution in [0.4, 0.5) is 5.69 Å². The van der Waals surface area contributed by atoms with Gasteiger partial charge in [0.05, 0.1) is 35.3 Å². The first-order valence-electron chi connectivity index (χ1n) is 8.26. The Hall–Kier alpha value is -2.80. The van der Waals surface area contributed by atoms with Gasteiger partial charge >= 0.3 is 0 Å². The normalized spacial score (nSPS) is 10.7. The van der Waals surface area contributed by atoms with Gasteiger partial charge in [0, 0.05) is 5.69 Å². The van der Waals surface area contributed by atoms with Crippen LogP contribution in [0.25, 0.3) is 10.9 Å². The van der Waals surface area contributed by atoms with E-state index in [2.05, 4.69) is 21.2 Å². The van der Waals surface area contributed by atoms with Gasteiger partial charge in [-0.1, -0.05) is 18.2 Å². The molecule has 0 aliphatic rings. The molecule has 140 valence electrons. The van der Waals surface area contributed by atoms with Gasteiger partial charge in [0.1, 0.15) is 18.0 Å². The highest BCUT2D eigenvalue weighted by atomic mass is 79.9. The maximum absolute atomic E-state index is 12.7. The molecule has 0 aliphatic heterocycles. The van der Waals surface area contributed by atoms with Gasteiger partial charge in [-0.2, -0.15) is 0 Å². The van der Waals surface area contributed by atoms with E-state index >= 15 is 0 Å². The lowest BCUT2D eigenvalue weighted by molar-refractivity contribution is -0.116. The average Bonchev–Trinajstić information content (AvgIpc) is 2.69. The molecule has 0 radical (unpaired) electrons. The monoisotopic (exact) mass is 430 g/mol. The van der Waals surface area contributed by atoms with Crippen molar-refractivity contribution in [2.24, 2.45) is 0 Å². The van der Waals surface area contributed by atoms with Crippen LogP contribution in [0.3, 0.4) is 0 Å². The summed E-state index contributed by atoms with van der Waals surface area (Å²) in [5, 5.41) is 3.34. The number of carbonyl (C=O) groups is 1. The Balaban J connectivity index is 2.06. The zero-order valence-corrected chi connectivity index (χ0v) is 16.8. The highest BCUT2D eigenvalue weighted by molar-refractivity contribution is 9.10. The van der Waals surface area contributed by atoms with Crippen molar-refractivity contribution in [3.63, 3.8) is 0 Å². The first-order chi connectivity index (χ1) is 13.0. The lowest BCUT2D eigenvalue weighted by Gasteiger charge is -2.18. The van der Waals surface area contributed by atoms with Crippen molar-refractivity contribution in [1.82, 2.24) is 4.57 Å². The summed E-state index contributed by atoms with van der Waals surface area (Å²) < 4.78 is 12.9. The molecule has 0 unspecified atom stereocenters. The highest BCUT2D eigenvalue weighted by Crippen LogP contribution is 2.28. The number of benzene rings is 2. The number of anilines is 1. The van der Waals surface area contributed by atoms with E-state index < -0.39 is 0 Å². The third-order valence-electron chi connectivity index (χ3n) is 4.34. The summed E-state index contributed by atoms with van der Waals surface area (Å²) >= 11 is 3.35. The lowest BCUT2D eigenvalue weighted by Crippen LogP contribution is -2.23. The number of aromatic nitrogens is 1. The number of hydrogen-bond donors (Lipinski definition) is 1. The van der Waals surface area contributed by atoms with Crippen LogP contribution in [-0.2, 0) is 11.3 Å². The Labute approximate surface area is 164 Å². The second-order valence-electron chi connectivity index (χ2n) is 5.92. The second kappa shape index (κ2) is 7.84. The second-order valence-corrected chi connectivity index (χ2v) is 6.71. The summed E-state index contributed by atoms with van der Waals surface area (Å²) in [4.78, 5) is 25.3. The summed E-state index contributed by atoms with van der Waals surface area (Å²) in [6.07, 6.45) is 0. The molecule has 3 rings (SSSR count). The molecule has 3 aromatic rings. The fraction of sp³-hybridized carbons (Fsp3) is 0.200. The molecular formula is C20H19BrN2O4. The summed E-state index contributed by atoms with van der Waals surface area (Å²) in [6.45, 7) is 1.80. The molecule has 1 N–H and O–H groups in total. The van der Waals surface area contributed by atoms with Crippen LogP contribution in [-0.4, -0.2) is 24.7 Å². The Bertz CT molecular complexity index is 1080. The van der Waals surface area contributed by atoms with Gasteiger partial charge in [-0.05, 0) is 47.1 Å². The number of halogens is 1. The average molecular weight is 431 g/mol. The molecule has 0 atom stereocenters. The van der Waals surface area contributed by atoms with Crippen LogP contribution in [0.1, 0.15) is 5.69 Å². The number of nitrogens with one attached hydrogen (secondary N) is 1. The zero-order chi connectivity index (χ0) is 19.6. The third-order valence-corrected chi connectivity index (χ3v) is 5.27. The van der Waals surface area contributed by atoms with Gasteiger partial charge in [0.2, 0.25) is 11.3 Å². The summed E-state index contributed by atoms with van der Waals surface area (Å²) in [5.74, 6) is 0.863. The number of fused-ring (bicyclic) bond motifs is 1. The number of para-hydroxylation sites is 3. The molecule has 1 heterocycles. The Morgan fingerprint density at radius 2 is 1.74 bits per heavy atom. The zero-order valence-electron chi connectivity index (χ0n) is 15.2. The minimum absolute atomic E-state index is 0.0135. The summed E-state index contributed by atoms with van der Waals surface area (Å²) in [7, 11) is 3.09. The molecule has 1 amide bonds. The SMILES string of the molecule is COc1ccccc1NC(=O)Cn1c(C)c(Br)c(=O)c2cccc(OC)c21. The van der Waals surface area contributed by atoms with Crippen LogP contribution in [0.2, 0.25) is 0 Å². The van der Waals surface area contributed by atoms with E-state index in [0.29, 0.717) is 38.3 Å². The van der Waals surface area contributed by atoms with Crippen molar-refractivity contribution >= 4 is 38.4 Å². The summed E-state index contributed by atoms with van der Waals surface area (Å²) in [5.41, 5.74) is 1.68. The molecule has 6 nitrogen and oxygen atoms in total. The molecule has 0 fully saturated rings. The van der Waals surface area contributed by atoms with Crippen molar-refractivity contribution in [1.29, 1.82) is 0 Å². The molecule has 0 saturated carbocycles. The number of nitrogens with zero attached hydrogens (tertiary/aromatic N) is 1. The van der Waals surface area contributed by atoms with Crippen molar-refractivity contribution < 1.29 is 14.3 Å². The largest absolute Gasteiger partial charge is 0.495 e. The predicted molar refractivity (Wildman–Crippen MR) is 109 cm³/mol. The van der Waals surface area contributed by atoms with Crippen LogP contribution in [0.5, 0.6) is 11.5 Å². The number of rotatable bonds is 5. The minimum atomic E-state index is -0.245. The lowest BCUT2D eigenvalue weighted by atomic mass is 10.1. The number of pyridine rings is 1. The molecule has 0 bridgehead atoms. The van der Waals surface area contributed by atoms with E-state index in [4.69, 9.17) is 9.47 Å². The number of amides is 1. The van der Waals surface area contributed by atoms with Crippen molar-refractivity contribution in [2.45, 2.75) is 13.5 Å². The van der Waals surface area contributed by atoms with Crippen molar-refractivity contribution in [3.05, 3.63) is 62.9 Å². The molecule has 0 aliphatic carbocycles.